The van der Waals surface area contributed by atoms with E-state index in [1.165, 1.54) is 0 Å². The minimum absolute atomic E-state index is 0.585. The van der Waals surface area contributed by atoms with Gasteiger partial charge in [0.1, 0.15) is 5.75 Å². The normalized spacial score (nSPS) is 13.2. The molecule has 0 atom stereocenters. The maximum absolute atomic E-state index is 11.7. The molecule has 0 bridgehead atoms. The summed E-state index contributed by atoms with van der Waals surface area (Å²) >= 11 is 5.78. The second-order valence-corrected chi connectivity index (χ2v) is 5.54. The molecule has 1 amide bonds. The number of fused-ring (bicyclic) bond motifs is 1. The summed E-state index contributed by atoms with van der Waals surface area (Å²) in [6.45, 7) is 2.49. The molecule has 0 spiro atoms. The third kappa shape index (κ3) is 3.81. The zero-order chi connectivity index (χ0) is 16.2. The number of carbonyl (C=O) groups excluding carboxylic acids is 1. The van der Waals surface area contributed by atoms with E-state index in [1.807, 2.05) is 18.2 Å². The number of rotatable bonds is 3. The number of halogens is 1. The summed E-state index contributed by atoms with van der Waals surface area (Å²) < 4.78 is 5.46. The molecule has 1 aliphatic heterocycles. The molecule has 6 heteroatoms. The van der Waals surface area contributed by atoms with Crippen molar-refractivity contribution < 1.29 is 14.4 Å². The van der Waals surface area contributed by atoms with Crippen LogP contribution in [0, 0.1) is 0 Å². The molecule has 0 radical (unpaired) electrons. The van der Waals surface area contributed by atoms with Gasteiger partial charge in [-0.05, 0) is 60.5 Å². The van der Waals surface area contributed by atoms with Crippen LogP contribution in [0.25, 0.3) is 0 Å². The van der Waals surface area contributed by atoms with Crippen LogP contribution in [0.3, 0.4) is 0 Å². The summed E-state index contributed by atoms with van der Waals surface area (Å²) in [5, 5.41) is 7.04. The summed E-state index contributed by atoms with van der Waals surface area (Å²) in [7, 11) is 0. The quantitative estimate of drug-likeness (QED) is 0.520. The molecule has 1 aliphatic rings. The number of hydrogen-bond acceptors (Lipinski definition) is 4. The van der Waals surface area contributed by atoms with Crippen molar-refractivity contribution in [2.75, 3.05) is 11.9 Å². The maximum Gasteiger partial charge on any atom is 0.437 e. The monoisotopic (exact) mass is 330 g/mol. The maximum atomic E-state index is 11.7. The molecule has 0 fully saturated rings. The second kappa shape index (κ2) is 6.71. The highest BCUT2D eigenvalue weighted by atomic mass is 35.5. The fraction of sp³-hybridized carbons (Fsp3) is 0.176. The van der Waals surface area contributed by atoms with Gasteiger partial charge in [0, 0.05) is 17.1 Å². The van der Waals surface area contributed by atoms with Crippen LogP contribution in [-0.2, 0) is 11.3 Å². The molecule has 2 aromatic rings. The molecule has 0 saturated heterocycles. The lowest BCUT2D eigenvalue weighted by molar-refractivity contribution is 0.166. The Balaban J connectivity index is 1.62. The molecule has 1 N–H and O–H groups in total. The van der Waals surface area contributed by atoms with Gasteiger partial charge in [-0.3, -0.25) is 10.2 Å². The Hall–Kier alpha value is -2.53. The lowest BCUT2D eigenvalue weighted by Gasteiger charge is -2.05. The third-order valence-corrected chi connectivity index (χ3v) is 3.72. The van der Waals surface area contributed by atoms with Gasteiger partial charge in [-0.2, -0.15) is 0 Å². The number of oxime groups is 1. The van der Waals surface area contributed by atoms with E-state index in [1.54, 1.807) is 31.2 Å². The summed E-state index contributed by atoms with van der Waals surface area (Å²) in [5.41, 5.74) is 3.24. The summed E-state index contributed by atoms with van der Waals surface area (Å²) in [4.78, 5) is 16.6. The van der Waals surface area contributed by atoms with E-state index in [9.17, 15) is 4.79 Å². The molecule has 3 rings (SSSR count). The van der Waals surface area contributed by atoms with Gasteiger partial charge < -0.3 is 4.74 Å². The summed E-state index contributed by atoms with van der Waals surface area (Å²) in [5.74, 6) is 0.906. The van der Waals surface area contributed by atoms with Crippen molar-refractivity contribution in [3.05, 3.63) is 58.6 Å². The molecular weight excluding hydrogens is 316 g/mol. The number of nitrogens with zero attached hydrogens (tertiary/aromatic N) is 1. The Labute approximate surface area is 138 Å². The number of anilines is 1. The van der Waals surface area contributed by atoms with Crippen LogP contribution in [0.4, 0.5) is 10.5 Å². The molecule has 23 heavy (non-hydrogen) atoms. The molecule has 0 aromatic heterocycles. The van der Waals surface area contributed by atoms with Crippen LogP contribution < -0.4 is 10.1 Å². The molecule has 1 heterocycles. The van der Waals surface area contributed by atoms with Crippen molar-refractivity contribution in [2.24, 2.45) is 5.16 Å². The Morgan fingerprint density at radius 1 is 1.26 bits per heavy atom. The zero-order valence-corrected chi connectivity index (χ0v) is 13.3. The molecule has 2 aromatic carbocycles. The van der Waals surface area contributed by atoms with E-state index < -0.39 is 6.09 Å². The molecule has 0 saturated carbocycles. The van der Waals surface area contributed by atoms with Gasteiger partial charge in [-0.25, -0.2) is 4.79 Å². The van der Waals surface area contributed by atoms with Crippen LogP contribution in [0.5, 0.6) is 5.75 Å². The Morgan fingerprint density at radius 2 is 2.04 bits per heavy atom. The SMILES string of the molecule is C/C(=N\OC(=O)Nc1ccc(Cl)cc1)c1ccc2c(c1)CCO2. The lowest BCUT2D eigenvalue weighted by atomic mass is 10.1. The predicted octanol–water partition coefficient (Wildman–Crippen LogP) is 4.25. The first kappa shape index (κ1) is 15.4. The number of carbonyl (C=O) groups is 1. The van der Waals surface area contributed by atoms with Gasteiger partial charge in [0.15, 0.2) is 0 Å². The van der Waals surface area contributed by atoms with E-state index in [0.29, 0.717) is 23.0 Å². The van der Waals surface area contributed by atoms with Gasteiger partial charge in [0.25, 0.3) is 0 Å². The second-order valence-electron chi connectivity index (χ2n) is 5.11. The van der Waals surface area contributed by atoms with Crippen molar-refractivity contribution in [1.82, 2.24) is 0 Å². The first-order chi connectivity index (χ1) is 11.1. The number of amides is 1. The Bertz CT molecular complexity index is 757. The minimum Gasteiger partial charge on any atom is -0.493 e. The summed E-state index contributed by atoms with van der Waals surface area (Å²) in [6.07, 6.45) is 0.227. The molecule has 5 nitrogen and oxygen atoms in total. The molecule has 0 aliphatic carbocycles. The lowest BCUT2D eigenvalue weighted by Crippen LogP contribution is -2.11. The van der Waals surface area contributed by atoms with E-state index >= 15 is 0 Å². The first-order valence-electron chi connectivity index (χ1n) is 7.16. The highest BCUT2D eigenvalue weighted by Gasteiger charge is 2.13. The van der Waals surface area contributed by atoms with Crippen molar-refractivity contribution in [1.29, 1.82) is 0 Å². The average molecular weight is 331 g/mol. The smallest absolute Gasteiger partial charge is 0.437 e. The van der Waals surface area contributed by atoms with Gasteiger partial charge in [-0.15, -0.1) is 0 Å². The van der Waals surface area contributed by atoms with Crippen LogP contribution in [-0.4, -0.2) is 18.4 Å². The van der Waals surface area contributed by atoms with Gasteiger partial charge in [0.2, 0.25) is 0 Å². The fourth-order valence-electron chi connectivity index (χ4n) is 2.25. The summed E-state index contributed by atoms with van der Waals surface area (Å²) in [6, 6.07) is 12.5. The zero-order valence-electron chi connectivity index (χ0n) is 12.5. The number of nitrogens with one attached hydrogen (secondary N) is 1. The average Bonchev–Trinajstić information content (AvgIpc) is 3.02. The van der Waals surface area contributed by atoms with Crippen LogP contribution in [0.1, 0.15) is 18.1 Å². The number of benzene rings is 2. The first-order valence-corrected chi connectivity index (χ1v) is 7.54. The highest BCUT2D eigenvalue weighted by molar-refractivity contribution is 6.30. The molecule has 118 valence electrons. The van der Waals surface area contributed by atoms with Gasteiger partial charge in [-0.1, -0.05) is 16.8 Å². The fourth-order valence-corrected chi connectivity index (χ4v) is 2.37. The Morgan fingerprint density at radius 3 is 2.83 bits per heavy atom. The Kier molecular flexibility index (Phi) is 4.48. The van der Waals surface area contributed by atoms with Gasteiger partial charge >= 0.3 is 6.09 Å². The number of ether oxygens (including phenoxy) is 1. The van der Waals surface area contributed by atoms with E-state index in [0.717, 1.165) is 23.3 Å². The highest BCUT2D eigenvalue weighted by Crippen LogP contribution is 2.26. The molecular formula is C17H15ClN2O3. The van der Waals surface area contributed by atoms with E-state index in [4.69, 9.17) is 21.2 Å². The topological polar surface area (TPSA) is 59.9 Å². The van der Waals surface area contributed by atoms with Crippen molar-refractivity contribution in [2.45, 2.75) is 13.3 Å². The van der Waals surface area contributed by atoms with Crippen LogP contribution in [0.2, 0.25) is 5.02 Å². The van der Waals surface area contributed by atoms with Crippen LogP contribution in [0.15, 0.2) is 47.6 Å². The number of hydrogen-bond donors (Lipinski definition) is 1. The van der Waals surface area contributed by atoms with Gasteiger partial charge in [0.05, 0.1) is 12.3 Å². The predicted molar refractivity (Wildman–Crippen MR) is 89.4 cm³/mol. The van der Waals surface area contributed by atoms with Crippen molar-refractivity contribution in [3.8, 4) is 5.75 Å². The van der Waals surface area contributed by atoms with Crippen LogP contribution >= 0.6 is 11.6 Å². The molecule has 0 unspecified atom stereocenters. The van der Waals surface area contributed by atoms with E-state index in [-0.39, 0.29) is 0 Å². The van der Waals surface area contributed by atoms with Crippen molar-refractivity contribution >= 4 is 29.1 Å². The third-order valence-electron chi connectivity index (χ3n) is 3.46. The standard InChI is InChI=1S/C17H15ClN2O3/c1-11(12-2-7-16-13(10-12)8-9-22-16)20-23-17(21)19-15-5-3-14(18)4-6-15/h2-7,10H,8-9H2,1H3,(H,19,21)/b20-11+. The van der Waals surface area contributed by atoms with Crippen molar-refractivity contribution in [3.63, 3.8) is 0 Å². The minimum atomic E-state index is -0.656. The largest absolute Gasteiger partial charge is 0.493 e. The van der Waals surface area contributed by atoms with E-state index in [2.05, 4.69) is 10.5 Å².